The molecule has 2 nitrogen and oxygen atoms in total. The van der Waals surface area contributed by atoms with Crippen molar-refractivity contribution in [3.8, 4) is 0 Å². The first-order chi connectivity index (χ1) is 5.25. The van der Waals surface area contributed by atoms with Gasteiger partial charge in [0.1, 0.15) is 5.82 Å². The van der Waals surface area contributed by atoms with Crippen LogP contribution >= 0.6 is 0 Å². The smallest absolute Gasteiger partial charge is 0.109 e. The zero-order chi connectivity index (χ0) is 8.27. The molecule has 0 bridgehead atoms. The van der Waals surface area contributed by atoms with E-state index < -0.39 is 0 Å². The molecule has 1 atom stereocenters. The first-order valence-electron chi connectivity index (χ1n) is 4.25. The van der Waals surface area contributed by atoms with Crippen LogP contribution in [0.3, 0.4) is 0 Å². The third kappa shape index (κ3) is 1.82. The van der Waals surface area contributed by atoms with Crippen molar-refractivity contribution in [1.29, 1.82) is 0 Å². The highest BCUT2D eigenvalue weighted by atomic mass is 14.9. The molecule has 0 fully saturated rings. The Morgan fingerprint density at radius 1 is 1.55 bits per heavy atom. The highest BCUT2D eigenvalue weighted by Gasteiger charge is 2.14. The quantitative estimate of drug-likeness (QED) is 0.708. The molecule has 2 heteroatoms. The second-order valence-electron chi connectivity index (χ2n) is 3.23. The van der Waals surface area contributed by atoms with Crippen molar-refractivity contribution < 1.29 is 0 Å². The van der Waals surface area contributed by atoms with Gasteiger partial charge < -0.3 is 4.98 Å². The van der Waals surface area contributed by atoms with Crippen LogP contribution in [-0.4, -0.2) is 9.97 Å². The number of nitrogens with one attached hydrogen (secondary N) is 1. The summed E-state index contributed by atoms with van der Waals surface area (Å²) in [6.45, 7) is 6.67. The monoisotopic (exact) mass is 152 g/mol. The van der Waals surface area contributed by atoms with Crippen LogP contribution in [0.1, 0.15) is 38.9 Å². The number of nitrogens with zero attached hydrogens (tertiary/aromatic N) is 1. The van der Waals surface area contributed by atoms with E-state index >= 15 is 0 Å². The molecule has 0 aliphatic heterocycles. The second-order valence-corrected chi connectivity index (χ2v) is 3.23. The molecule has 1 unspecified atom stereocenters. The largest absolute Gasteiger partial charge is 0.348 e. The molecule has 0 saturated heterocycles. The van der Waals surface area contributed by atoms with Gasteiger partial charge in [-0.25, -0.2) is 4.98 Å². The van der Waals surface area contributed by atoms with Crippen LogP contribution in [0.15, 0.2) is 12.4 Å². The summed E-state index contributed by atoms with van der Waals surface area (Å²) in [6.07, 6.45) is 4.87. The Bertz CT molecular complexity index is 189. The number of aromatic amines is 1. The summed E-state index contributed by atoms with van der Waals surface area (Å²) < 4.78 is 0. The van der Waals surface area contributed by atoms with E-state index in [1.807, 2.05) is 12.4 Å². The van der Waals surface area contributed by atoms with Gasteiger partial charge in [0, 0.05) is 18.3 Å². The average molecular weight is 152 g/mol. The summed E-state index contributed by atoms with van der Waals surface area (Å²) in [5.41, 5.74) is 0. The summed E-state index contributed by atoms with van der Waals surface area (Å²) in [4.78, 5) is 7.41. The van der Waals surface area contributed by atoms with E-state index in [9.17, 15) is 0 Å². The SMILES string of the molecule is CCC(c1ncc[nH]1)C(C)C. The van der Waals surface area contributed by atoms with E-state index in [1.54, 1.807) is 0 Å². The minimum Gasteiger partial charge on any atom is -0.348 e. The Hall–Kier alpha value is -0.790. The van der Waals surface area contributed by atoms with Crippen LogP contribution in [0.25, 0.3) is 0 Å². The Labute approximate surface area is 68.0 Å². The molecule has 1 aromatic heterocycles. The molecule has 1 heterocycles. The van der Waals surface area contributed by atoms with Crippen molar-refractivity contribution in [3.05, 3.63) is 18.2 Å². The molecule has 1 N–H and O–H groups in total. The summed E-state index contributed by atoms with van der Waals surface area (Å²) >= 11 is 0. The zero-order valence-electron chi connectivity index (χ0n) is 7.46. The molecule has 1 rings (SSSR count). The fourth-order valence-corrected chi connectivity index (χ4v) is 1.46. The van der Waals surface area contributed by atoms with E-state index in [0.717, 1.165) is 12.2 Å². The average Bonchev–Trinajstić information content (AvgIpc) is 2.40. The number of imidazole rings is 1. The summed E-state index contributed by atoms with van der Waals surface area (Å²) in [6, 6.07) is 0. The lowest BCUT2D eigenvalue weighted by molar-refractivity contribution is 0.466. The Kier molecular flexibility index (Phi) is 2.69. The van der Waals surface area contributed by atoms with Gasteiger partial charge in [0.25, 0.3) is 0 Å². The van der Waals surface area contributed by atoms with Crippen molar-refractivity contribution in [2.24, 2.45) is 5.92 Å². The van der Waals surface area contributed by atoms with Crippen LogP contribution < -0.4 is 0 Å². The molecule has 0 aromatic carbocycles. The van der Waals surface area contributed by atoms with Crippen molar-refractivity contribution in [1.82, 2.24) is 9.97 Å². The molecular weight excluding hydrogens is 136 g/mol. The third-order valence-electron chi connectivity index (χ3n) is 2.12. The molecule has 0 spiro atoms. The predicted octanol–water partition coefficient (Wildman–Crippen LogP) is 2.56. The lowest BCUT2D eigenvalue weighted by Crippen LogP contribution is -2.06. The minimum absolute atomic E-state index is 0.588. The van der Waals surface area contributed by atoms with Gasteiger partial charge in [-0.05, 0) is 12.3 Å². The fourth-order valence-electron chi connectivity index (χ4n) is 1.46. The van der Waals surface area contributed by atoms with E-state index in [2.05, 4.69) is 30.7 Å². The zero-order valence-corrected chi connectivity index (χ0v) is 7.46. The molecule has 0 aliphatic rings. The Balaban J connectivity index is 2.71. The summed E-state index contributed by atoms with van der Waals surface area (Å²) in [5.74, 6) is 2.39. The molecule has 0 aliphatic carbocycles. The van der Waals surface area contributed by atoms with Gasteiger partial charge >= 0.3 is 0 Å². The maximum Gasteiger partial charge on any atom is 0.109 e. The van der Waals surface area contributed by atoms with Crippen molar-refractivity contribution >= 4 is 0 Å². The standard InChI is InChI=1S/C9H16N2/c1-4-8(7(2)3)9-10-5-6-11-9/h5-8H,4H2,1-3H3,(H,10,11). The van der Waals surface area contributed by atoms with Crippen LogP contribution in [0.5, 0.6) is 0 Å². The predicted molar refractivity (Wildman–Crippen MR) is 46.5 cm³/mol. The van der Waals surface area contributed by atoms with Gasteiger partial charge in [0.05, 0.1) is 0 Å². The maximum absolute atomic E-state index is 4.25. The fraction of sp³-hybridized carbons (Fsp3) is 0.667. The molecule has 0 saturated carbocycles. The number of H-pyrrole nitrogens is 1. The molecule has 1 aromatic rings. The van der Waals surface area contributed by atoms with Crippen LogP contribution in [0.4, 0.5) is 0 Å². The first kappa shape index (κ1) is 8.31. The normalized spacial score (nSPS) is 13.8. The Morgan fingerprint density at radius 2 is 2.27 bits per heavy atom. The molecular formula is C9H16N2. The summed E-state index contributed by atoms with van der Waals surface area (Å²) in [7, 11) is 0. The van der Waals surface area contributed by atoms with Gasteiger partial charge in [0.2, 0.25) is 0 Å². The Morgan fingerprint density at radius 3 is 2.64 bits per heavy atom. The number of hydrogen-bond acceptors (Lipinski definition) is 1. The van der Waals surface area contributed by atoms with E-state index in [4.69, 9.17) is 0 Å². The molecule has 0 amide bonds. The second kappa shape index (κ2) is 3.56. The van der Waals surface area contributed by atoms with Crippen LogP contribution in [0.2, 0.25) is 0 Å². The van der Waals surface area contributed by atoms with Gasteiger partial charge in [-0.3, -0.25) is 0 Å². The third-order valence-corrected chi connectivity index (χ3v) is 2.12. The van der Waals surface area contributed by atoms with Crippen molar-refractivity contribution in [3.63, 3.8) is 0 Å². The summed E-state index contributed by atoms with van der Waals surface area (Å²) in [5, 5.41) is 0. The minimum atomic E-state index is 0.588. The first-order valence-corrected chi connectivity index (χ1v) is 4.25. The van der Waals surface area contributed by atoms with E-state index in [-0.39, 0.29) is 0 Å². The van der Waals surface area contributed by atoms with E-state index in [0.29, 0.717) is 11.8 Å². The molecule has 0 radical (unpaired) electrons. The number of hydrogen-bond donors (Lipinski definition) is 1. The van der Waals surface area contributed by atoms with Crippen molar-refractivity contribution in [2.75, 3.05) is 0 Å². The highest BCUT2D eigenvalue weighted by molar-refractivity contribution is 4.97. The van der Waals surface area contributed by atoms with Gasteiger partial charge in [-0.2, -0.15) is 0 Å². The lowest BCUT2D eigenvalue weighted by Gasteiger charge is -2.15. The van der Waals surface area contributed by atoms with Gasteiger partial charge in [0.15, 0.2) is 0 Å². The van der Waals surface area contributed by atoms with Crippen molar-refractivity contribution in [2.45, 2.75) is 33.1 Å². The molecule has 11 heavy (non-hydrogen) atoms. The topological polar surface area (TPSA) is 28.7 Å². The van der Waals surface area contributed by atoms with Crippen LogP contribution in [-0.2, 0) is 0 Å². The molecule has 62 valence electrons. The van der Waals surface area contributed by atoms with Gasteiger partial charge in [-0.15, -0.1) is 0 Å². The van der Waals surface area contributed by atoms with Crippen LogP contribution in [0, 0.1) is 5.92 Å². The maximum atomic E-state index is 4.25. The van der Waals surface area contributed by atoms with E-state index in [1.165, 1.54) is 0 Å². The lowest BCUT2D eigenvalue weighted by atomic mass is 9.93. The number of rotatable bonds is 3. The van der Waals surface area contributed by atoms with Gasteiger partial charge in [-0.1, -0.05) is 20.8 Å². The highest BCUT2D eigenvalue weighted by Crippen LogP contribution is 2.23. The number of aromatic nitrogens is 2.